The van der Waals surface area contributed by atoms with E-state index >= 15 is 0 Å². The zero-order chi connectivity index (χ0) is 12.4. The van der Waals surface area contributed by atoms with Crippen LogP contribution in [-0.4, -0.2) is 10.8 Å². The van der Waals surface area contributed by atoms with Crippen LogP contribution >= 0.6 is 0 Å². The van der Waals surface area contributed by atoms with Crippen LogP contribution in [0.25, 0.3) is 0 Å². The summed E-state index contributed by atoms with van der Waals surface area (Å²) >= 11 is 0. The number of carbonyl (C=O) groups excluding carboxylic acids is 1. The minimum Gasteiger partial charge on any atom is -0.397 e. The van der Waals surface area contributed by atoms with E-state index in [1.807, 2.05) is 0 Å². The van der Waals surface area contributed by atoms with Crippen molar-refractivity contribution < 1.29 is 4.79 Å². The van der Waals surface area contributed by atoms with Gasteiger partial charge in [-0.2, -0.15) is 0 Å². The molecule has 1 aromatic heterocycles. The zero-order valence-electron chi connectivity index (χ0n) is 10.5. The zero-order valence-corrected chi connectivity index (χ0v) is 10.5. The first-order valence-corrected chi connectivity index (χ1v) is 6.32. The lowest BCUT2D eigenvalue weighted by Gasteiger charge is -2.30. The lowest BCUT2D eigenvalue weighted by atomic mass is 9.74. The van der Waals surface area contributed by atoms with Gasteiger partial charge in [-0.3, -0.25) is 9.78 Å². The van der Waals surface area contributed by atoms with Crippen molar-refractivity contribution >= 4 is 11.5 Å². The number of carbonyl (C=O) groups is 1. The summed E-state index contributed by atoms with van der Waals surface area (Å²) < 4.78 is 0. The van der Waals surface area contributed by atoms with E-state index in [9.17, 15) is 4.79 Å². The van der Waals surface area contributed by atoms with Gasteiger partial charge in [0, 0.05) is 12.1 Å². The van der Waals surface area contributed by atoms with Crippen LogP contribution < -0.4 is 5.73 Å². The number of nitrogens with zero attached hydrogens (tertiary/aromatic N) is 1. The van der Waals surface area contributed by atoms with E-state index in [1.165, 1.54) is 6.42 Å². The summed E-state index contributed by atoms with van der Waals surface area (Å²) in [5, 5.41) is 0. The Labute approximate surface area is 102 Å². The molecule has 0 spiro atoms. The molecule has 2 rings (SSSR count). The van der Waals surface area contributed by atoms with E-state index in [-0.39, 0.29) is 11.7 Å². The topological polar surface area (TPSA) is 56.0 Å². The second-order valence-electron chi connectivity index (χ2n) is 5.42. The first-order chi connectivity index (χ1) is 8.08. The van der Waals surface area contributed by atoms with Crippen molar-refractivity contribution in [3.63, 3.8) is 0 Å². The summed E-state index contributed by atoms with van der Waals surface area (Å²) in [7, 11) is 0. The summed E-state index contributed by atoms with van der Waals surface area (Å²) in [5.41, 5.74) is 6.77. The standard InChI is InChI=1S/C14H20N2O/c1-9-6-10(2)8-11(7-9)14(17)13-12(15)4-3-5-16-13/h3-5,9-11H,6-8,15H2,1-2H3. The van der Waals surface area contributed by atoms with Gasteiger partial charge in [-0.15, -0.1) is 0 Å². The van der Waals surface area contributed by atoms with E-state index in [0.717, 1.165) is 12.8 Å². The van der Waals surface area contributed by atoms with Crippen LogP contribution in [0.1, 0.15) is 43.6 Å². The Balaban J connectivity index is 2.17. The van der Waals surface area contributed by atoms with Gasteiger partial charge in [-0.25, -0.2) is 0 Å². The Kier molecular flexibility index (Phi) is 3.46. The quantitative estimate of drug-likeness (QED) is 0.798. The number of rotatable bonds is 2. The van der Waals surface area contributed by atoms with E-state index in [0.29, 0.717) is 23.2 Å². The van der Waals surface area contributed by atoms with Gasteiger partial charge in [-0.1, -0.05) is 13.8 Å². The molecule has 2 atom stereocenters. The highest BCUT2D eigenvalue weighted by Crippen LogP contribution is 2.34. The van der Waals surface area contributed by atoms with Crippen molar-refractivity contribution in [2.75, 3.05) is 5.73 Å². The molecule has 1 heterocycles. The summed E-state index contributed by atoms with van der Waals surface area (Å²) in [5.74, 6) is 1.47. The van der Waals surface area contributed by atoms with Gasteiger partial charge in [0.25, 0.3) is 0 Å². The number of aromatic nitrogens is 1. The molecule has 0 aliphatic heterocycles. The molecular weight excluding hydrogens is 212 g/mol. The molecule has 0 radical (unpaired) electrons. The van der Waals surface area contributed by atoms with Gasteiger partial charge >= 0.3 is 0 Å². The molecule has 0 amide bonds. The molecule has 2 unspecified atom stereocenters. The highest BCUT2D eigenvalue weighted by molar-refractivity contribution is 6.00. The smallest absolute Gasteiger partial charge is 0.186 e. The van der Waals surface area contributed by atoms with Gasteiger partial charge in [0.2, 0.25) is 0 Å². The normalized spacial score (nSPS) is 28.9. The van der Waals surface area contributed by atoms with Gasteiger partial charge < -0.3 is 5.73 Å². The molecule has 0 aromatic carbocycles. The predicted molar refractivity (Wildman–Crippen MR) is 68.6 cm³/mol. The first kappa shape index (κ1) is 12.1. The molecule has 0 saturated heterocycles. The Bertz CT molecular complexity index is 406. The Hall–Kier alpha value is -1.38. The first-order valence-electron chi connectivity index (χ1n) is 6.32. The average molecular weight is 232 g/mol. The highest BCUT2D eigenvalue weighted by atomic mass is 16.1. The van der Waals surface area contributed by atoms with Gasteiger partial charge in [0.05, 0.1) is 5.69 Å². The number of hydrogen-bond acceptors (Lipinski definition) is 3. The molecule has 1 aliphatic rings. The minimum atomic E-state index is 0.103. The molecule has 3 heteroatoms. The number of ketones is 1. The molecule has 17 heavy (non-hydrogen) atoms. The fourth-order valence-corrected chi connectivity index (χ4v) is 2.98. The number of anilines is 1. The number of nitrogen functional groups attached to an aromatic ring is 1. The second kappa shape index (κ2) is 4.86. The SMILES string of the molecule is CC1CC(C)CC(C(=O)c2ncccc2N)C1. The third kappa shape index (κ3) is 2.65. The number of Topliss-reactive ketones (excluding diaryl/α,β-unsaturated/α-hetero) is 1. The maximum Gasteiger partial charge on any atom is 0.186 e. The lowest BCUT2D eigenvalue weighted by Crippen LogP contribution is -2.27. The van der Waals surface area contributed by atoms with Crippen molar-refractivity contribution in [2.45, 2.75) is 33.1 Å². The van der Waals surface area contributed by atoms with Crippen LogP contribution in [0.3, 0.4) is 0 Å². The molecule has 1 saturated carbocycles. The summed E-state index contributed by atoms with van der Waals surface area (Å²) in [6.07, 6.45) is 4.80. The van der Waals surface area contributed by atoms with Crippen molar-refractivity contribution in [2.24, 2.45) is 17.8 Å². The molecule has 1 aromatic rings. The Morgan fingerprint density at radius 1 is 1.29 bits per heavy atom. The summed E-state index contributed by atoms with van der Waals surface area (Å²) in [6.45, 7) is 4.44. The molecule has 1 aliphatic carbocycles. The van der Waals surface area contributed by atoms with Gasteiger partial charge in [0.1, 0.15) is 5.69 Å². The molecule has 1 fully saturated rings. The van der Waals surface area contributed by atoms with Crippen molar-refractivity contribution in [3.8, 4) is 0 Å². The molecule has 3 nitrogen and oxygen atoms in total. The molecule has 92 valence electrons. The fourth-order valence-electron chi connectivity index (χ4n) is 2.98. The minimum absolute atomic E-state index is 0.103. The van der Waals surface area contributed by atoms with Crippen LogP contribution in [0.15, 0.2) is 18.3 Å². The summed E-state index contributed by atoms with van der Waals surface area (Å²) in [6, 6.07) is 3.51. The van der Waals surface area contributed by atoms with Crippen LogP contribution in [0.2, 0.25) is 0 Å². The predicted octanol–water partition coefficient (Wildman–Crippen LogP) is 2.92. The third-order valence-electron chi connectivity index (χ3n) is 3.62. The lowest BCUT2D eigenvalue weighted by molar-refractivity contribution is 0.0832. The van der Waals surface area contributed by atoms with Crippen LogP contribution in [0.4, 0.5) is 5.69 Å². The van der Waals surface area contributed by atoms with Crippen LogP contribution in [0, 0.1) is 17.8 Å². The number of hydrogen-bond donors (Lipinski definition) is 1. The average Bonchev–Trinajstić information content (AvgIpc) is 2.27. The largest absolute Gasteiger partial charge is 0.397 e. The third-order valence-corrected chi connectivity index (χ3v) is 3.62. The maximum absolute atomic E-state index is 12.4. The van der Waals surface area contributed by atoms with Crippen LogP contribution in [0.5, 0.6) is 0 Å². The van der Waals surface area contributed by atoms with E-state index in [2.05, 4.69) is 18.8 Å². The maximum atomic E-state index is 12.4. The number of nitrogens with two attached hydrogens (primary N) is 1. The molecule has 2 N–H and O–H groups in total. The highest BCUT2D eigenvalue weighted by Gasteiger charge is 2.30. The van der Waals surface area contributed by atoms with Crippen molar-refractivity contribution in [3.05, 3.63) is 24.0 Å². The van der Waals surface area contributed by atoms with Crippen molar-refractivity contribution in [1.82, 2.24) is 4.98 Å². The summed E-state index contributed by atoms with van der Waals surface area (Å²) in [4.78, 5) is 16.5. The molecular formula is C14H20N2O. The van der Waals surface area contributed by atoms with E-state index < -0.39 is 0 Å². The monoisotopic (exact) mass is 232 g/mol. The van der Waals surface area contributed by atoms with E-state index in [1.54, 1.807) is 18.3 Å². The van der Waals surface area contributed by atoms with Gasteiger partial charge in [0.15, 0.2) is 5.78 Å². The Morgan fingerprint density at radius 2 is 1.94 bits per heavy atom. The van der Waals surface area contributed by atoms with Gasteiger partial charge in [-0.05, 0) is 43.2 Å². The number of pyridine rings is 1. The van der Waals surface area contributed by atoms with E-state index in [4.69, 9.17) is 5.73 Å². The second-order valence-corrected chi connectivity index (χ2v) is 5.42. The van der Waals surface area contributed by atoms with Crippen molar-refractivity contribution in [1.29, 1.82) is 0 Å². The molecule has 0 bridgehead atoms. The van der Waals surface area contributed by atoms with Crippen LogP contribution in [-0.2, 0) is 0 Å². The Morgan fingerprint density at radius 3 is 2.53 bits per heavy atom. The fraction of sp³-hybridized carbons (Fsp3) is 0.571.